The molecule has 6 rings (SSSR count). The number of rotatable bonds is 17. The van der Waals surface area contributed by atoms with Gasteiger partial charge in [-0.3, -0.25) is 0 Å². The molecule has 0 aromatic heterocycles. The van der Waals surface area contributed by atoms with Gasteiger partial charge < -0.3 is 18.9 Å². The summed E-state index contributed by atoms with van der Waals surface area (Å²) in [6, 6.07) is 53.2. The number of terminal acetylenes is 1. The second kappa shape index (κ2) is 17.9. The molecule has 4 nitrogen and oxygen atoms in total. The number of benzene rings is 6. The average molecular weight is 685 g/mol. The van der Waals surface area contributed by atoms with E-state index in [1.165, 1.54) is 11.1 Å². The van der Waals surface area contributed by atoms with Crippen molar-refractivity contribution in [2.45, 2.75) is 12.3 Å². The Morgan fingerprint density at radius 3 is 1.46 bits per heavy atom. The quantitative estimate of drug-likeness (QED) is 0.0415. The highest BCUT2D eigenvalue weighted by atomic mass is 16.5. The lowest BCUT2D eigenvalue weighted by Gasteiger charge is -2.33. The zero-order chi connectivity index (χ0) is 36.0. The molecule has 0 heterocycles. The Hall–Kier alpha value is -5.86. The molecule has 52 heavy (non-hydrogen) atoms. The normalized spacial score (nSPS) is 12.0. The first-order valence-electron chi connectivity index (χ1n) is 17.6. The van der Waals surface area contributed by atoms with Gasteiger partial charge in [-0.05, 0) is 70.1 Å². The van der Waals surface area contributed by atoms with Crippen LogP contribution in [0.25, 0.3) is 33.4 Å². The Morgan fingerprint density at radius 1 is 0.538 bits per heavy atom. The van der Waals surface area contributed by atoms with Crippen molar-refractivity contribution in [3.63, 3.8) is 0 Å². The SMILES string of the molecule is C#CCOCCOc1ccc(C(C)(c2ccc(-c3ccccc3)cc2)c2ccc(OCCOCC=C)c(-c3ccccc3)c2)cc1-c1ccccc1. The highest BCUT2D eigenvalue weighted by Crippen LogP contribution is 2.45. The van der Waals surface area contributed by atoms with E-state index in [9.17, 15) is 0 Å². The Balaban J connectivity index is 1.48. The minimum atomic E-state index is -0.567. The largest absolute Gasteiger partial charge is 0.491 e. The van der Waals surface area contributed by atoms with Gasteiger partial charge in [0.2, 0.25) is 0 Å². The van der Waals surface area contributed by atoms with Crippen LogP contribution in [0.3, 0.4) is 0 Å². The molecule has 1 unspecified atom stereocenters. The van der Waals surface area contributed by atoms with Gasteiger partial charge in [0.15, 0.2) is 0 Å². The van der Waals surface area contributed by atoms with Gasteiger partial charge in [-0.1, -0.05) is 139 Å². The summed E-state index contributed by atoms with van der Waals surface area (Å²) in [5, 5.41) is 0. The summed E-state index contributed by atoms with van der Waals surface area (Å²) >= 11 is 0. The molecule has 0 radical (unpaired) electrons. The maximum atomic E-state index is 6.34. The van der Waals surface area contributed by atoms with Crippen molar-refractivity contribution in [1.82, 2.24) is 0 Å². The van der Waals surface area contributed by atoms with E-state index in [0.29, 0.717) is 33.0 Å². The molecule has 0 bridgehead atoms. The lowest BCUT2D eigenvalue weighted by Crippen LogP contribution is -2.26. The van der Waals surface area contributed by atoms with Gasteiger partial charge in [0.1, 0.15) is 31.3 Å². The van der Waals surface area contributed by atoms with Crippen LogP contribution in [0.1, 0.15) is 23.6 Å². The van der Waals surface area contributed by atoms with E-state index >= 15 is 0 Å². The molecule has 0 amide bonds. The minimum Gasteiger partial charge on any atom is -0.491 e. The molecule has 4 heteroatoms. The van der Waals surface area contributed by atoms with Gasteiger partial charge in [0, 0.05) is 16.5 Å². The molecule has 6 aromatic carbocycles. The van der Waals surface area contributed by atoms with Gasteiger partial charge in [-0.25, -0.2) is 0 Å². The third-order valence-corrected chi connectivity index (χ3v) is 9.24. The third-order valence-electron chi connectivity index (χ3n) is 9.24. The van der Waals surface area contributed by atoms with Crippen LogP contribution >= 0.6 is 0 Å². The van der Waals surface area contributed by atoms with Crippen LogP contribution in [0, 0.1) is 12.3 Å². The topological polar surface area (TPSA) is 36.9 Å². The molecule has 0 fully saturated rings. The summed E-state index contributed by atoms with van der Waals surface area (Å²) in [5.41, 5.74) is 9.36. The van der Waals surface area contributed by atoms with E-state index in [1.807, 2.05) is 18.2 Å². The van der Waals surface area contributed by atoms with Crippen molar-refractivity contribution >= 4 is 0 Å². The number of ether oxygens (including phenoxy) is 4. The van der Waals surface area contributed by atoms with E-state index in [-0.39, 0.29) is 6.61 Å². The van der Waals surface area contributed by atoms with E-state index < -0.39 is 5.41 Å². The van der Waals surface area contributed by atoms with E-state index in [2.05, 4.69) is 153 Å². The summed E-state index contributed by atoms with van der Waals surface area (Å²) in [4.78, 5) is 0. The predicted octanol–water partition coefficient (Wildman–Crippen LogP) is 10.7. The maximum absolute atomic E-state index is 6.34. The number of hydrogen-bond acceptors (Lipinski definition) is 4. The molecule has 6 aromatic rings. The fourth-order valence-corrected chi connectivity index (χ4v) is 6.47. The monoisotopic (exact) mass is 684 g/mol. The Labute approximate surface area is 308 Å². The predicted molar refractivity (Wildman–Crippen MR) is 213 cm³/mol. The van der Waals surface area contributed by atoms with Crippen molar-refractivity contribution in [2.24, 2.45) is 0 Å². The molecule has 0 spiro atoms. The minimum absolute atomic E-state index is 0.257. The Kier molecular flexibility index (Phi) is 12.4. The molecular weight excluding hydrogens is 641 g/mol. The van der Waals surface area contributed by atoms with Crippen LogP contribution in [-0.2, 0) is 14.9 Å². The Morgan fingerprint density at radius 2 is 0.981 bits per heavy atom. The van der Waals surface area contributed by atoms with Gasteiger partial charge in [0.25, 0.3) is 0 Å². The lowest BCUT2D eigenvalue weighted by molar-refractivity contribution is 0.121. The zero-order valence-electron chi connectivity index (χ0n) is 29.7. The van der Waals surface area contributed by atoms with E-state index in [4.69, 9.17) is 25.4 Å². The molecule has 0 aliphatic heterocycles. The summed E-state index contributed by atoms with van der Waals surface area (Å²) in [6.07, 6.45) is 7.12. The lowest BCUT2D eigenvalue weighted by atomic mass is 9.70. The van der Waals surface area contributed by atoms with E-state index in [0.717, 1.165) is 50.4 Å². The molecule has 0 aliphatic rings. The number of hydrogen-bond donors (Lipinski definition) is 0. The van der Waals surface area contributed by atoms with Gasteiger partial charge in [-0.2, -0.15) is 0 Å². The van der Waals surface area contributed by atoms with Gasteiger partial charge in [-0.15, -0.1) is 13.0 Å². The molecule has 0 aliphatic carbocycles. The third kappa shape index (κ3) is 8.53. The molecule has 0 N–H and O–H groups in total. The zero-order valence-corrected chi connectivity index (χ0v) is 29.7. The van der Waals surface area contributed by atoms with Gasteiger partial charge in [0.05, 0.1) is 19.8 Å². The molecule has 1 atom stereocenters. The van der Waals surface area contributed by atoms with Crippen molar-refractivity contribution in [1.29, 1.82) is 0 Å². The molecule has 0 saturated heterocycles. The summed E-state index contributed by atoms with van der Waals surface area (Å²) < 4.78 is 23.8. The fraction of sp³-hybridized carbons (Fsp3) is 0.167. The van der Waals surface area contributed by atoms with Crippen molar-refractivity contribution < 1.29 is 18.9 Å². The van der Waals surface area contributed by atoms with Gasteiger partial charge >= 0.3 is 0 Å². The first kappa shape index (κ1) is 35.9. The smallest absolute Gasteiger partial charge is 0.127 e. The average Bonchev–Trinajstić information content (AvgIpc) is 3.21. The first-order valence-corrected chi connectivity index (χ1v) is 17.6. The summed E-state index contributed by atoms with van der Waals surface area (Å²) in [5.74, 6) is 4.10. The highest BCUT2D eigenvalue weighted by molar-refractivity contribution is 5.75. The van der Waals surface area contributed by atoms with Crippen molar-refractivity contribution in [3.05, 3.63) is 181 Å². The fourth-order valence-electron chi connectivity index (χ4n) is 6.47. The second-order valence-electron chi connectivity index (χ2n) is 12.5. The van der Waals surface area contributed by atoms with E-state index in [1.54, 1.807) is 6.08 Å². The standard InChI is InChI=1S/C48H44O4/c1-4-29-49-31-33-51-46-27-25-42(35-44(46)39-17-11-7-12-18-39)48(3,41-23-21-38(22-24-41)37-15-9-6-10-16-37)43-26-28-47(52-34-32-50-30-5-2)45(36-43)40-19-13-8-14-20-40/h1,5-28,35-36H,2,29-34H2,3H3. The van der Waals surface area contributed by atoms with Crippen LogP contribution < -0.4 is 9.47 Å². The first-order chi connectivity index (χ1) is 25.6. The molecular formula is C48H44O4. The van der Waals surface area contributed by atoms with Crippen molar-refractivity contribution in [3.8, 4) is 57.2 Å². The van der Waals surface area contributed by atoms with Crippen LogP contribution in [0.2, 0.25) is 0 Å². The molecule has 0 saturated carbocycles. The van der Waals surface area contributed by atoms with Crippen LogP contribution in [0.4, 0.5) is 0 Å². The highest BCUT2D eigenvalue weighted by Gasteiger charge is 2.33. The second-order valence-corrected chi connectivity index (χ2v) is 12.5. The van der Waals surface area contributed by atoms with Crippen molar-refractivity contribution in [2.75, 3.05) is 39.6 Å². The Bertz CT molecular complexity index is 2070. The molecule has 260 valence electrons. The van der Waals surface area contributed by atoms with Crippen LogP contribution in [0.5, 0.6) is 11.5 Å². The van der Waals surface area contributed by atoms with Crippen LogP contribution in [-0.4, -0.2) is 39.6 Å². The maximum Gasteiger partial charge on any atom is 0.127 e. The van der Waals surface area contributed by atoms with Crippen LogP contribution in [0.15, 0.2) is 164 Å². The summed E-state index contributed by atoms with van der Waals surface area (Å²) in [6.45, 7) is 8.49. The summed E-state index contributed by atoms with van der Waals surface area (Å²) in [7, 11) is 0.